The van der Waals surface area contributed by atoms with Crippen LogP contribution >= 0.6 is 24.0 Å². The van der Waals surface area contributed by atoms with Crippen LogP contribution in [0.1, 0.15) is 31.5 Å². The van der Waals surface area contributed by atoms with Crippen molar-refractivity contribution in [2.24, 2.45) is 10.9 Å². The van der Waals surface area contributed by atoms with Crippen molar-refractivity contribution >= 4 is 46.9 Å². The standard InChI is InChI=1S/C20H30N6O.HI/c1-21-19(27)14-15-9-12-26(13-10-15)20(22-2)23-11-5-8-18-24-16-6-3-4-7-17(16)25-18;/h3-4,6-7,15H,5,8-14H2,1-2H3,(H,21,27)(H,22,23)(H,24,25);1H. The summed E-state index contributed by atoms with van der Waals surface area (Å²) in [5.74, 6) is 2.61. The van der Waals surface area contributed by atoms with Crippen molar-refractivity contribution in [3.05, 3.63) is 30.1 Å². The number of aromatic amines is 1. The third-order valence-electron chi connectivity index (χ3n) is 5.19. The SMILES string of the molecule is CN=C(NCCCc1nc2ccccc2[nH]1)N1CCC(CC(=O)NC)CC1.I. The van der Waals surface area contributed by atoms with E-state index in [1.807, 2.05) is 25.2 Å². The number of guanidine groups is 1. The molecule has 3 rings (SSSR count). The molecule has 1 aromatic heterocycles. The number of imidazole rings is 1. The summed E-state index contributed by atoms with van der Waals surface area (Å²) in [6, 6.07) is 8.12. The number of hydrogen-bond donors (Lipinski definition) is 3. The molecule has 1 aliphatic rings. The van der Waals surface area contributed by atoms with Crippen molar-refractivity contribution in [1.29, 1.82) is 0 Å². The highest BCUT2D eigenvalue weighted by Crippen LogP contribution is 2.20. The molecule has 0 unspecified atom stereocenters. The molecule has 1 fully saturated rings. The van der Waals surface area contributed by atoms with E-state index in [1.165, 1.54) is 0 Å². The predicted octanol–water partition coefficient (Wildman–Crippen LogP) is 2.54. The number of halogens is 1. The predicted molar refractivity (Wildman–Crippen MR) is 124 cm³/mol. The average molecular weight is 498 g/mol. The molecule has 0 radical (unpaired) electrons. The summed E-state index contributed by atoms with van der Waals surface area (Å²) >= 11 is 0. The first-order valence-electron chi connectivity index (χ1n) is 9.79. The number of hydrogen-bond acceptors (Lipinski definition) is 3. The van der Waals surface area contributed by atoms with Gasteiger partial charge in [-0.05, 0) is 37.3 Å². The van der Waals surface area contributed by atoms with Gasteiger partial charge in [0, 0.05) is 46.6 Å². The topological polar surface area (TPSA) is 85.4 Å². The molecule has 0 spiro atoms. The van der Waals surface area contributed by atoms with Gasteiger partial charge in [0.05, 0.1) is 11.0 Å². The number of carbonyl (C=O) groups is 1. The number of H-pyrrole nitrogens is 1. The van der Waals surface area contributed by atoms with E-state index in [0.717, 1.165) is 68.1 Å². The molecule has 28 heavy (non-hydrogen) atoms. The number of amides is 1. The van der Waals surface area contributed by atoms with E-state index in [9.17, 15) is 4.79 Å². The monoisotopic (exact) mass is 498 g/mol. The molecule has 8 heteroatoms. The Hall–Kier alpha value is -1.84. The minimum Gasteiger partial charge on any atom is -0.359 e. The van der Waals surface area contributed by atoms with Crippen molar-refractivity contribution in [2.45, 2.75) is 32.1 Å². The second-order valence-electron chi connectivity index (χ2n) is 7.09. The summed E-state index contributed by atoms with van der Waals surface area (Å²) in [7, 11) is 3.53. The summed E-state index contributed by atoms with van der Waals surface area (Å²) in [6.07, 6.45) is 4.60. The largest absolute Gasteiger partial charge is 0.359 e. The van der Waals surface area contributed by atoms with Gasteiger partial charge < -0.3 is 20.5 Å². The first-order valence-corrected chi connectivity index (χ1v) is 9.79. The Bertz CT molecular complexity index is 749. The zero-order chi connectivity index (χ0) is 19.1. The summed E-state index contributed by atoms with van der Waals surface area (Å²) in [4.78, 5) is 26.2. The quantitative estimate of drug-likeness (QED) is 0.247. The van der Waals surface area contributed by atoms with E-state index in [0.29, 0.717) is 12.3 Å². The van der Waals surface area contributed by atoms with Crippen LogP contribution in [-0.4, -0.2) is 60.5 Å². The van der Waals surface area contributed by atoms with E-state index in [1.54, 1.807) is 7.05 Å². The molecule has 3 N–H and O–H groups in total. The van der Waals surface area contributed by atoms with Gasteiger partial charge in [0.15, 0.2) is 5.96 Å². The summed E-state index contributed by atoms with van der Waals surface area (Å²) in [5.41, 5.74) is 2.12. The summed E-state index contributed by atoms with van der Waals surface area (Å²) in [5, 5.41) is 6.18. The zero-order valence-electron chi connectivity index (χ0n) is 16.7. The molecule has 2 aromatic rings. The van der Waals surface area contributed by atoms with Gasteiger partial charge in [0.1, 0.15) is 5.82 Å². The maximum Gasteiger partial charge on any atom is 0.220 e. The molecule has 1 amide bonds. The van der Waals surface area contributed by atoms with Crippen LogP contribution < -0.4 is 10.6 Å². The Labute approximate surface area is 183 Å². The maximum atomic E-state index is 11.5. The molecule has 0 bridgehead atoms. The molecule has 1 saturated heterocycles. The molecule has 1 aromatic carbocycles. The normalized spacial score (nSPS) is 15.4. The van der Waals surface area contributed by atoms with Crippen LogP contribution in [-0.2, 0) is 11.2 Å². The number of piperidine rings is 1. The van der Waals surface area contributed by atoms with E-state index in [-0.39, 0.29) is 29.9 Å². The molecule has 0 aliphatic carbocycles. The lowest BCUT2D eigenvalue weighted by molar-refractivity contribution is -0.121. The number of rotatable bonds is 6. The van der Waals surface area contributed by atoms with Crippen molar-refractivity contribution in [3.63, 3.8) is 0 Å². The van der Waals surface area contributed by atoms with E-state index in [2.05, 4.69) is 36.6 Å². The van der Waals surface area contributed by atoms with Crippen LogP contribution in [0.4, 0.5) is 0 Å². The molecular weight excluding hydrogens is 467 g/mol. The fraction of sp³-hybridized carbons (Fsp3) is 0.550. The highest BCUT2D eigenvalue weighted by atomic mass is 127. The van der Waals surface area contributed by atoms with Crippen LogP contribution in [0.25, 0.3) is 11.0 Å². The lowest BCUT2D eigenvalue weighted by atomic mass is 9.93. The summed E-state index contributed by atoms with van der Waals surface area (Å²) < 4.78 is 0. The second-order valence-corrected chi connectivity index (χ2v) is 7.09. The van der Waals surface area contributed by atoms with Crippen LogP contribution in [0.5, 0.6) is 0 Å². The summed E-state index contributed by atoms with van der Waals surface area (Å²) in [6.45, 7) is 2.76. The zero-order valence-corrected chi connectivity index (χ0v) is 19.0. The van der Waals surface area contributed by atoms with Gasteiger partial charge in [-0.25, -0.2) is 4.98 Å². The van der Waals surface area contributed by atoms with Crippen LogP contribution in [0.15, 0.2) is 29.3 Å². The number of aromatic nitrogens is 2. The van der Waals surface area contributed by atoms with Gasteiger partial charge in [-0.3, -0.25) is 9.79 Å². The first-order chi connectivity index (χ1) is 13.2. The van der Waals surface area contributed by atoms with Crippen LogP contribution in [0.3, 0.4) is 0 Å². The molecule has 154 valence electrons. The Balaban J connectivity index is 0.00000280. The molecule has 1 aliphatic heterocycles. The highest BCUT2D eigenvalue weighted by Gasteiger charge is 2.22. The molecule has 7 nitrogen and oxygen atoms in total. The Morgan fingerprint density at radius 3 is 2.75 bits per heavy atom. The van der Waals surface area contributed by atoms with Gasteiger partial charge in [-0.15, -0.1) is 24.0 Å². The number of likely N-dealkylation sites (tertiary alicyclic amines) is 1. The number of aliphatic imine (C=N–C) groups is 1. The minimum absolute atomic E-state index is 0. The Morgan fingerprint density at radius 1 is 1.32 bits per heavy atom. The Kier molecular flexibility index (Phi) is 9.01. The minimum atomic E-state index is 0. The fourth-order valence-corrected chi connectivity index (χ4v) is 3.63. The van der Waals surface area contributed by atoms with Gasteiger partial charge in [0.25, 0.3) is 0 Å². The molecule has 2 heterocycles. The van der Waals surface area contributed by atoms with E-state index in [4.69, 9.17) is 0 Å². The van der Waals surface area contributed by atoms with Crippen LogP contribution in [0.2, 0.25) is 0 Å². The number of benzene rings is 1. The number of nitrogens with one attached hydrogen (secondary N) is 3. The van der Waals surface area contributed by atoms with Crippen molar-refractivity contribution < 1.29 is 4.79 Å². The van der Waals surface area contributed by atoms with Gasteiger partial charge >= 0.3 is 0 Å². The van der Waals surface area contributed by atoms with E-state index >= 15 is 0 Å². The third kappa shape index (κ3) is 6.08. The lowest BCUT2D eigenvalue weighted by Gasteiger charge is -2.34. The number of fused-ring (bicyclic) bond motifs is 1. The molecule has 0 saturated carbocycles. The smallest absolute Gasteiger partial charge is 0.220 e. The fourth-order valence-electron chi connectivity index (χ4n) is 3.63. The third-order valence-corrected chi connectivity index (χ3v) is 5.19. The van der Waals surface area contributed by atoms with Gasteiger partial charge in [0.2, 0.25) is 5.91 Å². The van der Waals surface area contributed by atoms with Crippen molar-refractivity contribution in [1.82, 2.24) is 25.5 Å². The Morgan fingerprint density at radius 2 is 2.07 bits per heavy atom. The maximum absolute atomic E-state index is 11.5. The molecular formula is C20H31IN6O. The molecule has 0 atom stereocenters. The number of carbonyl (C=O) groups excluding carboxylic acids is 1. The highest BCUT2D eigenvalue weighted by molar-refractivity contribution is 14.0. The van der Waals surface area contributed by atoms with Gasteiger partial charge in [-0.1, -0.05) is 12.1 Å². The van der Waals surface area contributed by atoms with E-state index < -0.39 is 0 Å². The lowest BCUT2D eigenvalue weighted by Crippen LogP contribution is -2.46. The number of nitrogens with zero attached hydrogens (tertiary/aromatic N) is 3. The number of aryl methyl sites for hydroxylation is 1. The second kappa shape index (κ2) is 11.2. The van der Waals surface area contributed by atoms with Crippen molar-refractivity contribution in [2.75, 3.05) is 33.7 Å². The van der Waals surface area contributed by atoms with Crippen molar-refractivity contribution in [3.8, 4) is 0 Å². The van der Waals surface area contributed by atoms with Gasteiger partial charge in [-0.2, -0.15) is 0 Å². The average Bonchev–Trinajstić information content (AvgIpc) is 3.11. The van der Waals surface area contributed by atoms with Crippen LogP contribution in [0, 0.1) is 5.92 Å². The number of para-hydroxylation sites is 2. The first kappa shape index (κ1) is 22.4.